The van der Waals surface area contributed by atoms with E-state index in [1.165, 1.54) is 4.70 Å². The number of piperidine rings is 1. The third-order valence-electron chi connectivity index (χ3n) is 5.35. The normalized spacial score (nSPS) is 16.5. The molecule has 144 valence electrons. The summed E-state index contributed by atoms with van der Waals surface area (Å²) in [5.41, 5.74) is 1.68. The van der Waals surface area contributed by atoms with E-state index in [1.807, 2.05) is 6.07 Å². The third-order valence-corrected chi connectivity index (χ3v) is 6.45. The van der Waals surface area contributed by atoms with Crippen LogP contribution in [0.2, 0.25) is 0 Å². The van der Waals surface area contributed by atoms with Gasteiger partial charge in [0.25, 0.3) is 5.91 Å². The minimum absolute atomic E-state index is 0.0631. The average Bonchev–Trinajstić information content (AvgIpc) is 3.38. The first-order valence-electron chi connectivity index (χ1n) is 9.54. The summed E-state index contributed by atoms with van der Waals surface area (Å²) in [6.07, 6.45) is 2.11. The monoisotopic (exact) mass is 395 g/mol. The van der Waals surface area contributed by atoms with Gasteiger partial charge < -0.3 is 19.7 Å². The Morgan fingerprint density at radius 3 is 2.82 bits per heavy atom. The van der Waals surface area contributed by atoms with Crippen molar-refractivity contribution in [2.75, 3.05) is 31.3 Å². The van der Waals surface area contributed by atoms with E-state index < -0.39 is 0 Å². The second-order valence-electron chi connectivity index (χ2n) is 7.17. The zero-order valence-corrected chi connectivity index (χ0v) is 16.2. The van der Waals surface area contributed by atoms with E-state index in [0.717, 1.165) is 36.6 Å². The van der Waals surface area contributed by atoms with Crippen LogP contribution in [0, 0.1) is 5.92 Å². The summed E-state index contributed by atoms with van der Waals surface area (Å²) in [6, 6.07) is 13.6. The number of ether oxygens (including phenoxy) is 2. The van der Waals surface area contributed by atoms with Gasteiger partial charge >= 0.3 is 0 Å². The van der Waals surface area contributed by atoms with Gasteiger partial charge in [0, 0.05) is 25.2 Å². The van der Waals surface area contributed by atoms with Gasteiger partial charge in [-0.25, -0.2) is 4.98 Å². The number of nitrogens with one attached hydrogen (secondary N) is 1. The Hall–Kier alpha value is -2.80. The summed E-state index contributed by atoms with van der Waals surface area (Å²) in [5, 5.41) is 4.17. The molecule has 28 heavy (non-hydrogen) atoms. The van der Waals surface area contributed by atoms with Crippen molar-refractivity contribution in [3.05, 3.63) is 48.0 Å². The van der Waals surface area contributed by atoms with Crippen molar-refractivity contribution in [2.45, 2.75) is 12.8 Å². The van der Waals surface area contributed by atoms with Crippen LogP contribution in [-0.2, 0) is 0 Å². The highest BCUT2D eigenvalue weighted by Gasteiger charge is 2.23. The van der Waals surface area contributed by atoms with E-state index in [2.05, 4.69) is 28.4 Å². The number of hydrogen-bond donors (Lipinski definition) is 1. The summed E-state index contributed by atoms with van der Waals surface area (Å²) < 4.78 is 11.9. The highest BCUT2D eigenvalue weighted by Crippen LogP contribution is 2.33. The molecule has 0 unspecified atom stereocenters. The zero-order chi connectivity index (χ0) is 18.9. The van der Waals surface area contributed by atoms with Crippen LogP contribution in [0.4, 0.5) is 5.13 Å². The first kappa shape index (κ1) is 17.3. The van der Waals surface area contributed by atoms with Crippen molar-refractivity contribution in [1.29, 1.82) is 0 Å². The summed E-state index contributed by atoms with van der Waals surface area (Å²) in [4.78, 5) is 19.6. The number of anilines is 1. The van der Waals surface area contributed by atoms with Crippen molar-refractivity contribution in [3.8, 4) is 11.5 Å². The molecule has 1 aromatic heterocycles. The molecule has 0 spiro atoms. The molecule has 0 bridgehead atoms. The number of carbonyl (C=O) groups is 1. The Labute approximate surface area is 167 Å². The Balaban J connectivity index is 1.15. The average molecular weight is 395 g/mol. The Morgan fingerprint density at radius 1 is 1.14 bits per heavy atom. The van der Waals surface area contributed by atoms with Gasteiger partial charge in [0.2, 0.25) is 6.79 Å². The van der Waals surface area contributed by atoms with Crippen molar-refractivity contribution >= 4 is 32.6 Å². The highest BCUT2D eigenvalue weighted by atomic mass is 32.1. The van der Waals surface area contributed by atoms with Gasteiger partial charge in [-0.2, -0.15) is 0 Å². The molecule has 3 heterocycles. The predicted octanol–water partition coefficient (Wildman–Crippen LogP) is 3.67. The lowest BCUT2D eigenvalue weighted by atomic mass is 9.97. The first-order chi connectivity index (χ1) is 13.8. The van der Waals surface area contributed by atoms with Crippen molar-refractivity contribution < 1.29 is 14.3 Å². The molecule has 2 aromatic carbocycles. The molecule has 5 rings (SSSR count). The fourth-order valence-corrected chi connectivity index (χ4v) is 4.72. The molecule has 7 heteroatoms. The van der Waals surface area contributed by atoms with Gasteiger partial charge in [0.1, 0.15) is 0 Å². The maximum atomic E-state index is 12.4. The molecular weight excluding hydrogens is 374 g/mol. The first-order valence-corrected chi connectivity index (χ1v) is 10.4. The van der Waals surface area contributed by atoms with Crippen LogP contribution in [0.3, 0.4) is 0 Å². The third kappa shape index (κ3) is 3.38. The van der Waals surface area contributed by atoms with E-state index in [4.69, 9.17) is 14.5 Å². The van der Waals surface area contributed by atoms with Crippen LogP contribution in [0.5, 0.6) is 11.5 Å². The van der Waals surface area contributed by atoms with Crippen molar-refractivity contribution in [1.82, 2.24) is 10.3 Å². The summed E-state index contributed by atoms with van der Waals surface area (Å²) in [6.45, 7) is 2.86. The zero-order valence-electron chi connectivity index (χ0n) is 15.4. The van der Waals surface area contributed by atoms with E-state index in [-0.39, 0.29) is 12.7 Å². The minimum atomic E-state index is -0.0631. The van der Waals surface area contributed by atoms with E-state index in [1.54, 1.807) is 29.5 Å². The second-order valence-corrected chi connectivity index (χ2v) is 8.18. The molecule has 1 N–H and O–H groups in total. The molecule has 0 aliphatic carbocycles. The van der Waals surface area contributed by atoms with Gasteiger partial charge in [-0.3, -0.25) is 4.79 Å². The molecule has 1 amide bonds. The van der Waals surface area contributed by atoms with Crippen LogP contribution in [-0.4, -0.2) is 37.3 Å². The van der Waals surface area contributed by atoms with Gasteiger partial charge in [0.05, 0.1) is 10.2 Å². The summed E-state index contributed by atoms with van der Waals surface area (Å²) in [5.74, 6) is 1.76. The number of rotatable bonds is 4. The van der Waals surface area contributed by atoms with Gasteiger partial charge in [-0.1, -0.05) is 23.5 Å². The molecular formula is C21H21N3O3S. The van der Waals surface area contributed by atoms with Gasteiger partial charge in [0.15, 0.2) is 16.6 Å². The second kappa shape index (κ2) is 7.31. The van der Waals surface area contributed by atoms with E-state index >= 15 is 0 Å². The number of carbonyl (C=O) groups excluding carboxylic acids is 1. The maximum absolute atomic E-state index is 12.4. The smallest absolute Gasteiger partial charge is 0.251 e. The molecule has 0 radical (unpaired) electrons. The largest absolute Gasteiger partial charge is 0.454 e. The lowest BCUT2D eigenvalue weighted by Crippen LogP contribution is -2.38. The molecule has 3 aromatic rings. The summed E-state index contributed by atoms with van der Waals surface area (Å²) in [7, 11) is 0. The number of amides is 1. The number of hydrogen-bond acceptors (Lipinski definition) is 6. The molecule has 2 aliphatic heterocycles. The predicted molar refractivity (Wildman–Crippen MR) is 109 cm³/mol. The molecule has 6 nitrogen and oxygen atoms in total. The Kier molecular flexibility index (Phi) is 4.52. The minimum Gasteiger partial charge on any atom is -0.454 e. The van der Waals surface area contributed by atoms with E-state index in [0.29, 0.717) is 29.5 Å². The lowest BCUT2D eigenvalue weighted by molar-refractivity contribution is 0.0944. The Bertz CT molecular complexity index is 978. The number of fused-ring (bicyclic) bond motifs is 2. The molecule has 1 fully saturated rings. The molecule has 0 saturated carbocycles. The molecule has 2 aliphatic rings. The number of thiazole rings is 1. The Morgan fingerprint density at radius 2 is 1.96 bits per heavy atom. The van der Waals surface area contributed by atoms with Gasteiger partial charge in [-0.15, -0.1) is 0 Å². The van der Waals surface area contributed by atoms with Crippen LogP contribution in [0.1, 0.15) is 23.2 Å². The highest BCUT2D eigenvalue weighted by molar-refractivity contribution is 7.22. The number of benzene rings is 2. The number of aromatic nitrogens is 1. The maximum Gasteiger partial charge on any atom is 0.251 e. The quantitative estimate of drug-likeness (QED) is 0.730. The van der Waals surface area contributed by atoms with Crippen LogP contribution >= 0.6 is 11.3 Å². The van der Waals surface area contributed by atoms with Gasteiger partial charge in [-0.05, 0) is 49.1 Å². The summed E-state index contributed by atoms with van der Waals surface area (Å²) >= 11 is 1.75. The van der Waals surface area contributed by atoms with Crippen LogP contribution in [0.25, 0.3) is 10.2 Å². The molecule has 1 saturated heterocycles. The lowest BCUT2D eigenvalue weighted by Gasteiger charge is -2.31. The topological polar surface area (TPSA) is 63.7 Å². The molecule has 0 atom stereocenters. The number of nitrogens with zero attached hydrogens (tertiary/aromatic N) is 2. The van der Waals surface area contributed by atoms with Crippen LogP contribution < -0.4 is 19.7 Å². The fraction of sp³-hybridized carbons (Fsp3) is 0.333. The van der Waals surface area contributed by atoms with Crippen LogP contribution in [0.15, 0.2) is 42.5 Å². The SMILES string of the molecule is O=C(NCC1CCN(c2nc3ccccc3s2)CC1)c1ccc2c(c1)OCO2. The standard InChI is InChI=1S/C21H21N3O3S/c25-20(15-5-6-17-18(11-15)27-13-26-17)22-12-14-7-9-24(10-8-14)21-23-16-3-1-2-4-19(16)28-21/h1-6,11,14H,7-10,12-13H2,(H,22,25). The van der Waals surface area contributed by atoms with Crippen molar-refractivity contribution in [3.63, 3.8) is 0 Å². The number of para-hydroxylation sites is 1. The van der Waals surface area contributed by atoms with Crippen molar-refractivity contribution in [2.24, 2.45) is 5.92 Å². The van der Waals surface area contributed by atoms with E-state index in [9.17, 15) is 4.79 Å². The fourth-order valence-electron chi connectivity index (χ4n) is 3.70.